The Morgan fingerprint density at radius 2 is 2.26 bits per heavy atom. The number of oxazole rings is 1. The van der Waals surface area contributed by atoms with Gasteiger partial charge in [-0.3, -0.25) is 9.48 Å². The van der Waals surface area contributed by atoms with E-state index in [1.165, 1.54) is 0 Å². The van der Waals surface area contributed by atoms with Crippen LogP contribution in [-0.2, 0) is 13.0 Å². The first-order valence-corrected chi connectivity index (χ1v) is 9.43. The lowest BCUT2D eigenvalue weighted by Gasteiger charge is -2.24. The van der Waals surface area contributed by atoms with Gasteiger partial charge in [0.2, 0.25) is 5.76 Å². The maximum absolute atomic E-state index is 12.6. The van der Waals surface area contributed by atoms with Crippen molar-refractivity contribution >= 4 is 17.5 Å². The molecule has 3 aromatic rings. The van der Waals surface area contributed by atoms with E-state index >= 15 is 0 Å². The zero-order chi connectivity index (χ0) is 19.0. The molecule has 1 aromatic carbocycles. The maximum atomic E-state index is 12.6. The molecule has 1 aliphatic carbocycles. The Hall–Kier alpha value is -2.60. The fraction of sp³-hybridized carbons (Fsp3) is 0.350. The van der Waals surface area contributed by atoms with E-state index in [1.54, 1.807) is 13.8 Å². The second-order valence-corrected chi connectivity index (χ2v) is 7.34. The van der Waals surface area contributed by atoms with Crippen molar-refractivity contribution in [1.29, 1.82) is 0 Å². The summed E-state index contributed by atoms with van der Waals surface area (Å²) in [5, 5.41) is 8.36. The first-order valence-electron chi connectivity index (χ1n) is 9.05. The predicted octanol–water partition coefficient (Wildman–Crippen LogP) is 4.00. The molecule has 2 heterocycles. The second kappa shape index (κ2) is 7.19. The molecule has 6 nitrogen and oxygen atoms in total. The largest absolute Gasteiger partial charge is 0.436 e. The van der Waals surface area contributed by atoms with Gasteiger partial charge in [0.05, 0.1) is 24.5 Å². The number of hydrogen-bond donors (Lipinski definition) is 1. The predicted molar refractivity (Wildman–Crippen MR) is 102 cm³/mol. The third-order valence-corrected chi connectivity index (χ3v) is 5.13. The van der Waals surface area contributed by atoms with E-state index in [1.807, 2.05) is 35.1 Å². The molecule has 1 aliphatic rings. The van der Waals surface area contributed by atoms with Gasteiger partial charge in [-0.05, 0) is 43.9 Å². The molecule has 7 heteroatoms. The fourth-order valence-corrected chi connectivity index (χ4v) is 3.89. The molecule has 27 heavy (non-hydrogen) atoms. The molecule has 0 unspecified atom stereocenters. The fourth-order valence-electron chi connectivity index (χ4n) is 3.68. The van der Waals surface area contributed by atoms with Crippen LogP contribution in [0.3, 0.4) is 0 Å². The van der Waals surface area contributed by atoms with Crippen LogP contribution in [0.1, 0.15) is 57.8 Å². The van der Waals surface area contributed by atoms with Crippen LogP contribution < -0.4 is 5.32 Å². The van der Waals surface area contributed by atoms with Gasteiger partial charge in [-0.25, -0.2) is 4.98 Å². The van der Waals surface area contributed by atoms with Crippen molar-refractivity contribution in [3.63, 3.8) is 0 Å². The maximum Gasteiger partial charge on any atom is 0.289 e. The molecule has 140 valence electrons. The van der Waals surface area contributed by atoms with E-state index in [-0.39, 0.29) is 17.7 Å². The van der Waals surface area contributed by atoms with Gasteiger partial charge in [-0.2, -0.15) is 5.10 Å². The molecule has 0 aliphatic heterocycles. The highest BCUT2D eigenvalue weighted by atomic mass is 35.5. The smallest absolute Gasteiger partial charge is 0.289 e. The molecular weight excluding hydrogens is 364 g/mol. The Morgan fingerprint density at radius 3 is 3.00 bits per heavy atom. The average molecular weight is 385 g/mol. The number of aryl methyl sites for hydroxylation is 2. The van der Waals surface area contributed by atoms with E-state index in [0.717, 1.165) is 41.1 Å². The summed E-state index contributed by atoms with van der Waals surface area (Å²) in [6.07, 6.45) is 4.69. The molecule has 1 amide bonds. The van der Waals surface area contributed by atoms with Gasteiger partial charge >= 0.3 is 0 Å². The average Bonchev–Trinajstić information content (AvgIpc) is 3.18. The summed E-state index contributed by atoms with van der Waals surface area (Å²) in [7, 11) is 0. The van der Waals surface area contributed by atoms with Gasteiger partial charge in [0.1, 0.15) is 0 Å². The molecular formula is C20H21ClN4O2. The van der Waals surface area contributed by atoms with Crippen LogP contribution >= 0.6 is 11.6 Å². The summed E-state index contributed by atoms with van der Waals surface area (Å²) in [6, 6.07) is 7.73. The minimum atomic E-state index is -0.228. The minimum Gasteiger partial charge on any atom is -0.436 e. The van der Waals surface area contributed by atoms with E-state index in [4.69, 9.17) is 16.0 Å². The van der Waals surface area contributed by atoms with Crippen LogP contribution in [0.2, 0.25) is 5.02 Å². The molecule has 2 aromatic heterocycles. The van der Waals surface area contributed by atoms with Crippen molar-refractivity contribution < 1.29 is 9.21 Å². The van der Waals surface area contributed by atoms with Crippen LogP contribution in [-0.4, -0.2) is 20.7 Å². The molecule has 0 bridgehead atoms. The Kier molecular flexibility index (Phi) is 4.74. The van der Waals surface area contributed by atoms with Gasteiger partial charge in [0.25, 0.3) is 5.91 Å². The summed E-state index contributed by atoms with van der Waals surface area (Å²) >= 11 is 6.09. The molecule has 0 fully saturated rings. The van der Waals surface area contributed by atoms with E-state index < -0.39 is 0 Å². The van der Waals surface area contributed by atoms with Crippen molar-refractivity contribution in [2.75, 3.05) is 0 Å². The van der Waals surface area contributed by atoms with Crippen molar-refractivity contribution in [2.45, 2.75) is 45.7 Å². The molecule has 0 saturated carbocycles. The lowest BCUT2D eigenvalue weighted by molar-refractivity contribution is 0.0902. The summed E-state index contributed by atoms with van der Waals surface area (Å²) < 4.78 is 7.45. The van der Waals surface area contributed by atoms with Crippen molar-refractivity contribution in [3.8, 4) is 0 Å². The number of rotatable bonds is 4. The van der Waals surface area contributed by atoms with Gasteiger partial charge in [0, 0.05) is 23.2 Å². The van der Waals surface area contributed by atoms with Crippen molar-refractivity contribution in [1.82, 2.24) is 20.1 Å². The molecule has 0 saturated heterocycles. The minimum absolute atomic E-state index is 0.0702. The number of benzene rings is 1. The highest BCUT2D eigenvalue weighted by Gasteiger charge is 2.27. The molecule has 1 atom stereocenters. The van der Waals surface area contributed by atoms with E-state index in [2.05, 4.69) is 15.4 Å². The zero-order valence-corrected chi connectivity index (χ0v) is 16.1. The molecule has 1 N–H and O–H groups in total. The van der Waals surface area contributed by atoms with Crippen molar-refractivity contribution in [2.24, 2.45) is 0 Å². The Balaban J connectivity index is 1.55. The molecule has 0 radical (unpaired) electrons. The summed E-state index contributed by atoms with van der Waals surface area (Å²) in [5.74, 6) is 0.552. The number of fused-ring (bicyclic) bond motifs is 1. The number of hydrogen-bond acceptors (Lipinski definition) is 4. The third kappa shape index (κ3) is 3.62. The van der Waals surface area contributed by atoms with Crippen LogP contribution in [0.15, 0.2) is 34.9 Å². The number of carbonyl (C=O) groups is 1. The van der Waals surface area contributed by atoms with E-state index in [0.29, 0.717) is 18.1 Å². The quantitative estimate of drug-likeness (QED) is 0.737. The van der Waals surface area contributed by atoms with Crippen LogP contribution in [0.25, 0.3) is 0 Å². The van der Waals surface area contributed by atoms with Gasteiger partial charge in [0.15, 0.2) is 5.89 Å². The first-order chi connectivity index (χ1) is 13.0. The summed E-state index contributed by atoms with van der Waals surface area (Å²) in [5.41, 5.74) is 3.95. The zero-order valence-electron chi connectivity index (χ0n) is 15.3. The number of amides is 1. The molecule has 4 rings (SSSR count). The number of halogens is 1. The summed E-state index contributed by atoms with van der Waals surface area (Å²) in [4.78, 5) is 16.8. The van der Waals surface area contributed by atoms with Crippen LogP contribution in [0, 0.1) is 13.8 Å². The number of nitrogens with one attached hydrogen (secondary N) is 1. The Labute approximate surface area is 162 Å². The highest BCUT2D eigenvalue weighted by molar-refractivity contribution is 6.30. The summed E-state index contributed by atoms with van der Waals surface area (Å²) in [6.45, 7) is 4.18. The van der Waals surface area contributed by atoms with Gasteiger partial charge in [-0.1, -0.05) is 23.7 Å². The number of nitrogens with zero attached hydrogens (tertiary/aromatic N) is 3. The van der Waals surface area contributed by atoms with Crippen LogP contribution in [0.5, 0.6) is 0 Å². The normalized spacial score (nSPS) is 16.2. The van der Waals surface area contributed by atoms with Crippen LogP contribution in [0.4, 0.5) is 0 Å². The van der Waals surface area contributed by atoms with Gasteiger partial charge in [-0.15, -0.1) is 0 Å². The van der Waals surface area contributed by atoms with E-state index in [9.17, 15) is 4.79 Å². The topological polar surface area (TPSA) is 73.0 Å². The Morgan fingerprint density at radius 1 is 1.41 bits per heavy atom. The number of carbonyl (C=O) groups excluding carboxylic acids is 1. The standard InChI is InChI=1S/C20H21ClN4O2/c1-12-19(27-13(2)23-12)20(26)24-17-7-4-8-18-16(17)10-22-25(18)11-14-5-3-6-15(21)9-14/h3,5-6,9-10,17H,4,7-8,11H2,1-2H3,(H,24,26)/t17-/m0/s1. The lowest BCUT2D eigenvalue weighted by Crippen LogP contribution is -2.31. The van der Waals surface area contributed by atoms with Gasteiger partial charge < -0.3 is 9.73 Å². The van der Waals surface area contributed by atoms with Crippen molar-refractivity contribution in [3.05, 3.63) is 69.7 Å². The first kappa shape index (κ1) is 17.8. The highest BCUT2D eigenvalue weighted by Crippen LogP contribution is 2.30. The third-order valence-electron chi connectivity index (χ3n) is 4.90. The second-order valence-electron chi connectivity index (χ2n) is 6.90. The monoisotopic (exact) mass is 384 g/mol. The SMILES string of the molecule is Cc1nc(C)c(C(=O)N[C@H]2CCCc3c2cnn3Cc2cccc(Cl)c2)o1. The Bertz CT molecular complexity index is 992. The molecule has 0 spiro atoms. The number of aromatic nitrogens is 3. The lowest BCUT2D eigenvalue weighted by atomic mass is 9.92.